The van der Waals surface area contributed by atoms with E-state index in [0.29, 0.717) is 0 Å². The predicted octanol–water partition coefficient (Wildman–Crippen LogP) is 4.20. The van der Waals surface area contributed by atoms with E-state index >= 15 is 0 Å². The quantitative estimate of drug-likeness (QED) is 0.208. The molecule has 0 fully saturated rings. The van der Waals surface area contributed by atoms with Gasteiger partial charge in [-0.05, 0) is 13.8 Å². The standard InChI is InChI=1S/C18H21F7O6/c1-9(2)12(26)29-7-15(8-30-13(27)10(3)4,16(19,20)17(21,22)23)18(24,25)31-14(28)11(5)6/h10H,1,5,7-8H2,2-4,6H3. The highest BCUT2D eigenvalue weighted by atomic mass is 19.4. The fourth-order valence-corrected chi connectivity index (χ4v) is 1.82. The Morgan fingerprint density at radius 3 is 1.58 bits per heavy atom. The predicted molar refractivity (Wildman–Crippen MR) is 90.9 cm³/mol. The Bertz CT molecular complexity index is 742. The third-order valence-electron chi connectivity index (χ3n) is 3.81. The molecule has 0 amide bonds. The number of hydrogen-bond donors (Lipinski definition) is 0. The van der Waals surface area contributed by atoms with Gasteiger partial charge in [-0.3, -0.25) is 4.79 Å². The first kappa shape index (κ1) is 28.4. The Kier molecular flexibility index (Phi) is 8.87. The zero-order valence-corrected chi connectivity index (χ0v) is 17.0. The normalized spacial score (nSPS) is 14.5. The maximum atomic E-state index is 14.8. The number of rotatable bonds is 10. The van der Waals surface area contributed by atoms with Gasteiger partial charge >= 0.3 is 36.1 Å². The molecule has 0 bridgehead atoms. The molecule has 0 heterocycles. The summed E-state index contributed by atoms with van der Waals surface area (Å²) in [7, 11) is 0. The molecule has 0 aliphatic heterocycles. The lowest BCUT2D eigenvalue weighted by atomic mass is 9.80. The van der Waals surface area contributed by atoms with Gasteiger partial charge in [-0.2, -0.15) is 30.7 Å². The third-order valence-corrected chi connectivity index (χ3v) is 3.81. The van der Waals surface area contributed by atoms with E-state index in [1.807, 2.05) is 0 Å². The van der Waals surface area contributed by atoms with E-state index in [0.717, 1.165) is 27.7 Å². The molecule has 0 aromatic heterocycles. The van der Waals surface area contributed by atoms with Crippen LogP contribution in [0.4, 0.5) is 30.7 Å². The van der Waals surface area contributed by atoms with Gasteiger partial charge in [-0.15, -0.1) is 0 Å². The highest BCUT2D eigenvalue weighted by Gasteiger charge is 2.81. The van der Waals surface area contributed by atoms with Gasteiger partial charge in [0.1, 0.15) is 13.2 Å². The van der Waals surface area contributed by atoms with Crippen LogP contribution >= 0.6 is 0 Å². The molecule has 31 heavy (non-hydrogen) atoms. The molecule has 0 N–H and O–H groups in total. The van der Waals surface area contributed by atoms with Crippen LogP contribution in [0.3, 0.4) is 0 Å². The molecule has 1 atom stereocenters. The summed E-state index contributed by atoms with van der Waals surface area (Å²) >= 11 is 0. The van der Waals surface area contributed by atoms with Crippen LogP contribution in [0.1, 0.15) is 27.7 Å². The number of hydrogen-bond acceptors (Lipinski definition) is 6. The highest BCUT2D eigenvalue weighted by Crippen LogP contribution is 2.56. The van der Waals surface area contributed by atoms with Gasteiger partial charge in [0.2, 0.25) is 5.41 Å². The Morgan fingerprint density at radius 1 is 0.806 bits per heavy atom. The Hall–Kier alpha value is -2.60. The summed E-state index contributed by atoms with van der Waals surface area (Å²) in [6.07, 6.45) is -12.3. The average Bonchev–Trinajstić information content (AvgIpc) is 2.58. The van der Waals surface area contributed by atoms with Gasteiger partial charge in [-0.1, -0.05) is 27.0 Å². The number of carbonyl (C=O) groups excluding carboxylic acids is 3. The van der Waals surface area contributed by atoms with Crippen molar-refractivity contribution >= 4 is 17.9 Å². The molecule has 0 rings (SSSR count). The van der Waals surface area contributed by atoms with Crippen LogP contribution in [-0.4, -0.2) is 49.3 Å². The van der Waals surface area contributed by atoms with Crippen LogP contribution in [0.5, 0.6) is 0 Å². The second-order valence-electron chi connectivity index (χ2n) is 6.96. The van der Waals surface area contributed by atoms with E-state index in [9.17, 15) is 45.1 Å². The number of halogens is 7. The highest BCUT2D eigenvalue weighted by molar-refractivity contribution is 5.87. The summed E-state index contributed by atoms with van der Waals surface area (Å²) in [5.41, 5.74) is -6.16. The summed E-state index contributed by atoms with van der Waals surface area (Å²) in [6.45, 7) is 5.37. The monoisotopic (exact) mass is 466 g/mol. The molecule has 0 radical (unpaired) electrons. The number of esters is 3. The smallest absolute Gasteiger partial charge is 0.454 e. The van der Waals surface area contributed by atoms with Gasteiger partial charge in [0.15, 0.2) is 0 Å². The zero-order chi connectivity index (χ0) is 25.0. The van der Waals surface area contributed by atoms with Gasteiger partial charge in [0, 0.05) is 11.1 Å². The van der Waals surface area contributed by atoms with Crippen LogP contribution in [0.2, 0.25) is 0 Å². The van der Waals surface area contributed by atoms with Gasteiger partial charge in [-0.25, -0.2) is 9.59 Å². The minimum atomic E-state index is -6.66. The van der Waals surface area contributed by atoms with Crippen molar-refractivity contribution in [2.45, 2.75) is 45.9 Å². The van der Waals surface area contributed by atoms with Crippen molar-refractivity contribution in [1.29, 1.82) is 0 Å². The molecule has 0 spiro atoms. The molecule has 0 aliphatic carbocycles. The van der Waals surface area contributed by atoms with Crippen LogP contribution in [0, 0.1) is 11.3 Å². The lowest BCUT2D eigenvalue weighted by molar-refractivity contribution is -0.412. The summed E-state index contributed by atoms with van der Waals surface area (Å²) in [5, 5.41) is 0. The van der Waals surface area contributed by atoms with E-state index in [1.54, 1.807) is 0 Å². The molecule has 0 saturated heterocycles. The Balaban J connectivity index is 6.75. The minimum absolute atomic E-state index is 0.523. The summed E-state index contributed by atoms with van der Waals surface area (Å²) < 4.78 is 110. The average molecular weight is 466 g/mol. The maximum absolute atomic E-state index is 14.8. The van der Waals surface area contributed by atoms with Crippen LogP contribution in [0.25, 0.3) is 0 Å². The number of alkyl halides is 7. The van der Waals surface area contributed by atoms with Crippen molar-refractivity contribution in [2.75, 3.05) is 13.2 Å². The maximum Gasteiger partial charge on any atom is 0.454 e. The van der Waals surface area contributed by atoms with Crippen molar-refractivity contribution in [3.8, 4) is 0 Å². The van der Waals surface area contributed by atoms with Gasteiger partial charge in [0.05, 0.1) is 5.92 Å². The molecule has 0 aromatic carbocycles. The molecular weight excluding hydrogens is 445 g/mol. The van der Waals surface area contributed by atoms with Crippen molar-refractivity contribution < 1.29 is 59.3 Å². The summed E-state index contributed by atoms with van der Waals surface area (Å²) in [6, 6.07) is 0. The fraction of sp³-hybridized carbons (Fsp3) is 0.611. The molecular formula is C18H21F7O6. The molecule has 0 saturated carbocycles. The molecule has 0 aromatic rings. The van der Waals surface area contributed by atoms with Crippen molar-refractivity contribution in [2.24, 2.45) is 11.3 Å². The van der Waals surface area contributed by atoms with Crippen molar-refractivity contribution in [3.05, 3.63) is 24.3 Å². The second-order valence-corrected chi connectivity index (χ2v) is 6.96. The third kappa shape index (κ3) is 6.20. The van der Waals surface area contributed by atoms with Crippen LogP contribution in [0.15, 0.2) is 24.3 Å². The minimum Gasteiger partial charge on any atom is -0.464 e. The van der Waals surface area contributed by atoms with E-state index in [4.69, 9.17) is 0 Å². The number of carbonyl (C=O) groups is 3. The van der Waals surface area contributed by atoms with E-state index in [1.165, 1.54) is 0 Å². The lowest BCUT2D eigenvalue weighted by Gasteiger charge is -2.43. The Morgan fingerprint density at radius 2 is 1.23 bits per heavy atom. The zero-order valence-electron chi connectivity index (χ0n) is 17.0. The second kappa shape index (κ2) is 9.69. The SMILES string of the molecule is C=C(C)C(=O)OCC(COC(=O)C(C)C)(C(F)(F)OC(=O)C(=C)C)C(F)(F)C(F)(F)F. The molecule has 0 aliphatic rings. The van der Waals surface area contributed by atoms with Crippen LogP contribution < -0.4 is 0 Å². The summed E-state index contributed by atoms with van der Waals surface area (Å²) in [4.78, 5) is 34.7. The molecule has 1 unspecified atom stereocenters. The first-order valence-electron chi connectivity index (χ1n) is 8.44. The molecule has 13 heteroatoms. The van der Waals surface area contributed by atoms with Gasteiger partial charge < -0.3 is 14.2 Å². The van der Waals surface area contributed by atoms with Crippen molar-refractivity contribution in [1.82, 2.24) is 0 Å². The van der Waals surface area contributed by atoms with Crippen LogP contribution in [-0.2, 0) is 28.6 Å². The van der Waals surface area contributed by atoms with E-state index < -0.39 is 71.8 Å². The Labute approximate surface area is 173 Å². The fourth-order valence-electron chi connectivity index (χ4n) is 1.82. The molecule has 178 valence electrons. The molecule has 6 nitrogen and oxygen atoms in total. The first-order valence-corrected chi connectivity index (χ1v) is 8.44. The summed E-state index contributed by atoms with van der Waals surface area (Å²) in [5.74, 6) is -12.5. The lowest BCUT2D eigenvalue weighted by Crippen LogP contribution is -2.66. The van der Waals surface area contributed by atoms with Crippen molar-refractivity contribution in [3.63, 3.8) is 0 Å². The first-order chi connectivity index (χ1) is 13.7. The number of ether oxygens (including phenoxy) is 3. The van der Waals surface area contributed by atoms with E-state index in [-0.39, 0.29) is 0 Å². The largest absolute Gasteiger partial charge is 0.464 e. The van der Waals surface area contributed by atoms with E-state index in [2.05, 4.69) is 27.4 Å². The van der Waals surface area contributed by atoms with Gasteiger partial charge in [0.25, 0.3) is 0 Å². The topological polar surface area (TPSA) is 78.9 Å².